The summed E-state index contributed by atoms with van der Waals surface area (Å²) in [7, 11) is 1.62. The average molecular weight is 394 g/mol. The smallest absolute Gasteiger partial charge is 0.249 e. The number of amides is 1. The number of nitrogens with zero attached hydrogens (tertiary/aromatic N) is 4. The third-order valence-corrected chi connectivity index (χ3v) is 4.72. The van der Waals surface area contributed by atoms with Crippen LogP contribution in [0.15, 0.2) is 28.7 Å². The van der Waals surface area contributed by atoms with E-state index in [4.69, 9.17) is 20.8 Å². The molecule has 0 atom stereocenters. The van der Waals surface area contributed by atoms with Crippen LogP contribution in [0.2, 0.25) is 5.02 Å². The fraction of sp³-hybridized carbons (Fsp3) is 0.500. The van der Waals surface area contributed by atoms with Crippen LogP contribution in [0.5, 0.6) is 0 Å². The van der Waals surface area contributed by atoms with Gasteiger partial charge in [0.2, 0.25) is 17.7 Å². The first kappa shape index (κ1) is 19.8. The first-order valence-corrected chi connectivity index (χ1v) is 9.31. The van der Waals surface area contributed by atoms with Crippen molar-refractivity contribution in [2.45, 2.75) is 6.54 Å². The maximum atomic E-state index is 11.9. The second-order valence-corrected chi connectivity index (χ2v) is 6.78. The Bertz CT molecular complexity index is 746. The molecule has 3 rings (SSSR count). The van der Waals surface area contributed by atoms with Crippen molar-refractivity contribution in [3.05, 3.63) is 35.2 Å². The zero-order valence-electron chi connectivity index (χ0n) is 15.4. The molecule has 1 N–H and O–H groups in total. The van der Waals surface area contributed by atoms with Crippen molar-refractivity contribution in [1.82, 2.24) is 25.3 Å². The maximum absolute atomic E-state index is 11.9. The van der Waals surface area contributed by atoms with E-state index in [0.29, 0.717) is 43.0 Å². The zero-order valence-corrected chi connectivity index (χ0v) is 16.1. The monoisotopic (exact) mass is 393 g/mol. The quantitative estimate of drug-likeness (QED) is 0.676. The van der Waals surface area contributed by atoms with Crippen LogP contribution in [0.1, 0.15) is 5.89 Å². The summed E-state index contributed by atoms with van der Waals surface area (Å²) >= 11 is 6.17. The standard InChI is InChI=1S/C18H24ClN5O3/c1-26-11-6-20-16(25)12-23-7-9-24(10-8-23)13-17-21-22-18(27-17)14-4-2-3-5-15(14)19/h2-5H,6-13H2,1H3,(H,20,25). The van der Waals surface area contributed by atoms with Gasteiger partial charge in [-0.05, 0) is 12.1 Å². The number of aromatic nitrogens is 2. The van der Waals surface area contributed by atoms with Gasteiger partial charge in [-0.3, -0.25) is 14.6 Å². The highest BCUT2D eigenvalue weighted by atomic mass is 35.5. The minimum absolute atomic E-state index is 0.0294. The number of methoxy groups -OCH3 is 1. The van der Waals surface area contributed by atoms with Gasteiger partial charge in [0.15, 0.2) is 0 Å². The predicted octanol–water partition coefficient (Wildman–Crippen LogP) is 1.27. The minimum atomic E-state index is 0.0294. The Balaban J connectivity index is 1.45. The Labute approximate surface area is 163 Å². The Morgan fingerprint density at radius 2 is 1.96 bits per heavy atom. The van der Waals surface area contributed by atoms with E-state index < -0.39 is 0 Å². The number of ether oxygens (including phenoxy) is 1. The summed E-state index contributed by atoms with van der Waals surface area (Å²) in [5.41, 5.74) is 0.738. The number of piperazine rings is 1. The maximum Gasteiger partial charge on any atom is 0.249 e. The van der Waals surface area contributed by atoms with E-state index in [-0.39, 0.29) is 5.91 Å². The molecule has 2 aromatic rings. The largest absolute Gasteiger partial charge is 0.419 e. The first-order chi connectivity index (χ1) is 13.2. The highest BCUT2D eigenvalue weighted by molar-refractivity contribution is 6.33. The number of halogens is 1. The van der Waals surface area contributed by atoms with Crippen LogP contribution in [0.4, 0.5) is 0 Å². The second kappa shape index (κ2) is 9.80. The summed E-state index contributed by atoms with van der Waals surface area (Å²) in [6.07, 6.45) is 0. The molecule has 1 aliphatic heterocycles. The van der Waals surface area contributed by atoms with Gasteiger partial charge < -0.3 is 14.5 Å². The van der Waals surface area contributed by atoms with E-state index in [9.17, 15) is 4.79 Å². The fourth-order valence-electron chi connectivity index (χ4n) is 2.91. The number of nitrogens with one attached hydrogen (secondary N) is 1. The molecule has 0 aliphatic carbocycles. The second-order valence-electron chi connectivity index (χ2n) is 6.38. The normalized spacial score (nSPS) is 15.8. The molecular formula is C18H24ClN5O3. The van der Waals surface area contributed by atoms with Gasteiger partial charge in [0.1, 0.15) is 0 Å². The zero-order chi connectivity index (χ0) is 19.1. The van der Waals surface area contributed by atoms with Crippen molar-refractivity contribution >= 4 is 17.5 Å². The van der Waals surface area contributed by atoms with Gasteiger partial charge in [0, 0.05) is 39.8 Å². The van der Waals surface area contributed by atoms with Crippen LogP contribution >= 0.6 is 11.6 Å². The van der Waals surface area contributed by atoms with E-state index in [0.717, 1.165) is 31.7 Å². The molecule has 1 amide bonds. The molecular weight excluding hydrogens is 370 g/mol. The molecule has 1 saturated heterocycles. The molecule has 1 aromatic heterocycles. The first-order valence-electron chi connectivity index (χ1n) is 8.93. The minimum Gasteiger partial charge on any atom is -0.419 e. The van der Waals surface area contributed by atoms with Gasteiger partial charge in [0.05, 0.1) is 30.3 Å². The molecule has 0 bridgehead atoms. The van der Waals surface area contributed by atoms with Gasteiger partial charge in [-0.2, -0.15) is 0 Å². The lowest BCUT2D eigenvalue weighted by atomic mass is 10.2. The van der Waals surface area contributed by atoms with Crippen molar-refractivity contribution in [1.29, 1.82) is 0 Å². The summed E-state index contributed by atoms with van der Waals surface area (Å²) < 4.78 is 10.7. The average Bonchev–Trinajstić information content (AvgIpc) is 3.12. The summed E-state index contributed by atoms with van der Waals surface area (Å²) in [4.78, 5) is 16.2. The number of carbonyl (C=O) groups is 1. The van der Waals surface area contributed by atoms with E-state index in [1.165, 1.54) is 0 Å². The SMILES string of the molecule is COCCNC(=O)CN1CCN(Cc2nnc(-c3ccccc3Cl)o2)CC1. The van der Waals surface area contributed by atoms with Crippen molar-refractivity contribution < 1.29 is 13.9 Å². The Hall–Kier alpha value is -2.00. The van der Waals surface area contributed by atoms with Crippen LogP contribution < -0.4 is 5.32 Å². The van der Waals surface area contributed by atoms with Crippen LogP contribution in [-0.2, 0) is 16.1 Å². The van der Waals surface area contributed by atoms with Gasteiger partial charge in [0.25, 0.3) is 0 Å². The van der Waals surface area contributed by atoms with Gasteiger partial charge in [-0.15, -0.1) is 10.2 Å². The molecule has 1 aliphatic rings. The van der Waals surface area contributed by atoms with Gasteiger partial charge >= 0.3 is 0 Å². The lowest BCUT2D eigenvalue weighted by molar-refractivity contribution is -0.122. The predicted molar refractivity (Wildman–Crippen MR) is 101 cm³/mol. The number of carbonyl (C=O) groups excluding carboxylic acids is 1. The molecule has 0 radical (unpaired) electrons. The lowest BCUT2D eigenvalue weighted by Crippen LogP contribution is -2.49. The van der Waals surface area contributed by atoms with Crippen LogP contribution in [0, 0.1) is 0 Å². The van der Waals surface area contributed by atoms with Crippen molar-refractivity contribution in [2.75, 3.05) is 53.0 Å². The van der Waals surface area contributed by atoms with E-state index in [1.54, 1.807) is 13.2 Å². The van der Waals surface area contributed by atoms with Gasteiger partial charge in [-0.1, -0.05) is 23.7 Å². The third-order valence-electron chi connectivity index (χ3n) is 4.39. The third kappa shape index (κ3) is 5.74. The fourth-order valence-corrected chi connectivity index (χ4v) is 3.13. The highest BCUT2D eigenvalue weighted by Crippen LogP contribution is 2.26. The molecule has 0 saturated carbocycles. The Kier molecular flexibility index (Phi) is 7.17. The summed E-state index contributed by atoms with van der Waals surface area (Å²) in [6.45, 7) is 5.40. The topological polar surface area (TPSA) is 83.7 Å². The van der Waals surface area contributed by atoms with Crippen molar-refractivity contribution in [3.63, 3.8) is 0 Å². The molecule has 1 fully saturated rings. The molecule has 2 heterocycles. The summed E-state index contributed by atoms with van der Waals surface area (Å²) in [6, 6.07) is 7.40. The van der Waals surface area contributed by atoms with Crippen LogP contribution in [-0.4, -0.2) is 78.9 Å². The number of rotatable bonds is 8. The summed E-state index contributed by atoms with van der Waals surface area (Å²) in [5, 5.41) is 11.7. The number of hydrogen-bond donors (Lipinski definition) is 1. The number of hydrogen-bond acceptors (Lipinski definition) is 7. The molecule has 0 unspecified atom stereocenters. The highest BCUT2D eigenvalue weighted by Gasteiger charge is 2.21. The van der Waals surface area contributed by atoms with E-state index in [1.807, 2.05) is 18.2 Å². The van der Waals surface area contributed by atoms with E-state index in [2.05, 4.69) is 25.3 Å². The van der Waals surface area contributed by atoms with Crippen LogP contribution in [0.3, 0.4) is 0 Å². The molecule has 27 heavy (non-hydrogen) atoms. The summed E-state index contributed by atoms with van der Waals surface area (Å²) in [5.74, 6) is 1.03. The van der Waals surface area contributed by atoms with E-state index >= 15 is 0 Å². The number of benzene rings is 1. The van der Waals surface area contributed by atoms with Crippen molar-refractivity contribution in [3.8, 4) is 11.5 Å². The van der Waals surface area contributed by atoms with Crippen molar-refractivity contribution in [2.24, 2.45) is 0 Å². The lowest BCUT2D eigenvalue weighted by Gasteiger charge is -2.33. The molecule has 8 nitrogen and oxygen atoms in total. The molecule has 0 spiro atoms. The van der Waals surface area contributed by atoms with Crippen LogP contribution in [0.25, 0.3) is 11.5 Å². The Morgan fingerprint density at radius 1 is 1.22 bits per heavy atom. The molecule has 9 heteroatoms. The van der Waals surface area contributed by atoms with Gasteiger partial charge in [-0.25, -0.2) is 0 Å². The molecule has 146 valence electrons. The Morgan fingerprint density at radius 3 is 2.70 bits per heavy atom. The molecule has 1 aromatic carbocycles.